The summed E-state index contributed by atoms with van der Waals surface area (Å²) in [6.45, 7) is 17.1. The van der Waals surface area contributed by atoms with E-state index in [4.69, 9.17) is 14.4 Å². The lowest BCUT2D eigenvalue weighted by Gasteiger charge is -2.36. The molecule has 0 amide bonds. The molecule has 0 spiro atoms. The normalized spacial score (nSPS) is 16.3. The summed E-state index contributed by atoms with van der Waals surface area (Å²) in [6, 6.07) is 0. The lowest BCUT2D eigenvalue weighted by Crippen LogP contribution is -2.47. The zero-order valence-corrected chi connectivity index (χ0v) is 16.8. The van der Waals surface area contributed by atoms with E-state index in [1.165, 1.54) is 5.56 Å². The minimum atomic E-state index is -0.0522. The van der Waals surface area contributed by atoms with Crippen LogP contribution in [-0.2, 0) is 18.4 Å². The van der Waals surface area contributed by atoms with E-state index in [0.717, 1.165) is 49.9 Å². The van der Waals surface area contributed by atoms with Crippen LogP contribution in [-0.4, -0.2) is 51.2 Å². The van der Waals surface area contributed by atoms with Crippen molar-refractivity contribution < 1.29 is 4.42 Å². The van der Waals surface area contributed by atoms with Crippen molar-refractivity contribution in [1.29, 1.82) is 0 Å². The maximum atomic E-state index is 5.51. The molecular weight excluding hydrogens is 328 g/mol. The average Bonchev–Trinajstić information content (AvgIpc) is 2.99. The molecule has 0 atom stereocenters. The van der Waals surface area contributed by atoms with E-state index in [2.05, 4.69) is 54.6 Å². The fraction of sp³-hybridized carbons (Fsp3) is 0.684. The van der Waals surface area contributed by atoms with Gasteiger partial charge in [-0.3, -0.25) is 4.90 Å². The molecule has 0 radical (unpaired) electrons. The number of hydrogen-bond acceptors (Lipinski definition) is 7. The molecular formula is C19H30N6O. The van der Waals surface area contributed by atoms with Crippen molar-refractivity contribution >= 4 is 5.82 Å². The fourth-order valence-electron chi connectivity index (χ4n) is 3.30. The lowest BCUT2D eigenvalue weighted by molar-refractivity contribution is 0.224. The Hall–Kier alpha value is -2.02. The minimum Gasteiger partial charge on any atom is -0.424 e. The quantitative estimate of drug-likeness (QED) is 0.832. The van der Waals surface area contributed by atoms with Gasteiger partial charge in [0.15, 0.2) is 0 Å². The molecule has 1 fully saturated rings. The van der Waals surface area contributed by atoms with Crippen LogP contribution in [0.25, 0.3) is 0 Å². The van der Waals surface area contributed by atoms with Crippen LogP contribution in [0.2, 0.25) is 0 Å². The van der Waals surface area contributed by atoms with Gasteiger partial charge in [0.05, 0.1) is 6.54 Å². The number of anilines is 1. The highest BCUT2D eigenvalue weighted by Gasteiger charge is 2.26. The highest BCUT2D eigenvalue weighted by atomic mass is 16.4. The van der Waals surface area contributed by atoms with E-state index in [9.17, 15) is 0 Å². The van der Waals surface area contributed by atoms with Gasteiger partial charge in [-0.05, 0) is 13.3 Å². The summed E-state index contributed by atoms with van der Waals surface area (Å²) in [5.74, 6) is 3.35. The third-order valence-electron chi connectivity index (χ3n) is 4.82. The van der Waals surface area contributed by atoms with Gasteiger partial charge in [0, 0.05) is 49.8 Å². The number of piperazine rings is 1. The van der Waals surface area contributed by atoms with Crippen molar-refractivity contribution in [1.82, 2.24) is 25.1 Å². The van der Waals surface area contributed by atoms with Crippen LogP contribution < -0.4 is 4.90 Å². The second-order valence-electron chi connectivity index (χ2n) is 8.02. The molecule has 0 bridgehead atoms. The predicted octanol–water partition coefficient (Wildman–Crippen LogP) is 2.66. The van der Waals surface area contributed by atoms with Gasteiger partial charge in [-0.2, -0.15) is 0 Å². The average molecular weight is 358 g/mol. The first-order valence-corrected chi connectivity index (χ1v) is 9.42. The number of aromatic nitrogens is 4. The Balaban J connectivity index is 1.75. The number of nitrogens with zero attached hydrogens (tertiary/aromatic N) is 6. The Bertz CT molecular complexity index is 756. The van der Waals surface area contributed by atoms with E-state index in [1.54, 1.807) is 0 Å². The summed E-state index contributed by atoms with van der Waals surface area (Å²) in [6.07, 6.45) is 0.951. The smallest absolute Gasteiger partial charge is 0.230 e. The van der Waals surface area contributed by atoms with Crippen LogP contribution in [0.15, 0.2) is 4.42 Å². The third-order valence-corrected chi connectivity index (χ3v) is 4.82. The predicted molar refractivity (Wildman–Crippen MR) is 101 cm³/mol. The number of rotatable bonds is 4. The van der Waals surface area contributed by atoms with Gasteiger partial charge < -0.3 is 9.32 Å². The Labute approximate surface area is 155 Å². The van der Waals surface area contributed by atoms with Crippen LogP contribution in [0.5, 0.6) is 0 Å². The van der Waals surface area contributed by atoms with Gasteiger partial charge in [0.1, 0.15) is 11.6 Å². The SMILES string of the molecule is CCc1c(C)nc(C(C)(C)C)nc1N1CCN(Cc2nnc(C)o2)CC1. The Morgan fingerprint density at radius 3 is 2.23 bits per heavy atom. The van der Waals surface area contributed by atoms with Crippen molar-refractivity contribution in [2.75, 3.05) is 31.1 Å². The van der Waals surface area contributed by atoms with Crippen molar-refractivity contribution in [2.45, 2.75) is 59.9 Å². The molecule has 0 saturated carbocycles. The van der Waals surface area contributed by atoms with Crippen molar-refractivity contribution in [3.05, 3.63) is 28.9 Å². The van der Waals surface area contributed by atoms with Gasteiger partial charge in [-0.15, -0.1) is 10.2 Å². The maximum Gasteiger partial charge on any atom is 0.230 e. The minimum absolute atomic E-state index is 0.0522. The standard InChI is InChI=1S/C19H30N6O/c1-7-15-13(2)20-18(19(4,5)6)21-17(15)25-10-8-24(9-11-25)12-16-23-22-14(3)26-16/h7-12H2,1-6H3. The molecule has 7 nitrogen and oxygen atoms in total. The molecule has 0 N–H and O–H groups in total. The van der Waals surface area contributed by atoms with Crippen LogP contribution >= 0.6 is 0 Å². The fourth-order valence-corrected chi connectivity index (χ4v) is 3.30. The van der Waals surface area contributed by atoms with Crippen molar-refractivity contribution in [3.8, 4) is 0 Å². The van der Waals surface area contributed by atoms with Crippen LogP contribution in [0.4, 0.5) is 5.82 Å². The summed E-state index contributed by atoms with van der Waals surface area (Å²) in [4.78, 5) is 14.5. The molecule has 0 unspecified atom stereocenters. The van der Waals surface area contributed by atoms with E-state index in [1.807, 2.05) is 6.92 Å². The van der Waals surface area contributed by atoms with Crippen LogP contribution in [0.1, 0.15) is 56.6 Å². The molecule has 3 heterocycles. The molecule has 1 saturated heterocycles. The Morgan fingerprint density at radius 1 is 1.00 bits per heavy atom. The van der Waals surface area contributed by atoms with Crippen LogP contribution in [0, 0.1) is 13.8 Å². The first-order valence-electron chi connectivity index (χ1n) is 9.42. The lowest BCUT2D eigenvalue weighted by atomic mass is 9.95. The molecule has 2 aromatic heterocycles. The van der Waals surface area contributed by atoms with Crippen LogP contribution in [0.3, 0.4) is 0 Å². The zero-order valence-electron chi connectivity index (χ0n) is 16.8. The molecule has 142 valence electrons. The molecule has 1 aliphatic heterocycles. The van der Waals surface area contributed by atoms with Gasteiger partial charge >= 0.3 is 0 Å². The monoisotopic (exact) mass is 358 g/mol. The molecule has 3 rings (SSSR count). The topological polar surface area (TPSA) is 71.2 Å². The number of aryl methyl sites for hydroxylation is 2. The number of hydrogen-bond donors (Lipinski definition) is 0. The van der Waals surface area contributed by atoms with E-state index >= 15 is 0 Å². The first-order chi connectivity index (χ1) is 12.3. The largest absolute Gasteiger partial charge is 0.424 e. The van der Waals surface area contributed by atoms with Gasteiger partial charge in [-0.1, -0.05) is 27.7 Å². The molecule has 0 aliphatic carbocycles. The molecule has 7 heteroatoms. The van der Waals surface area contributed by atoms with E-state index in [-0.39, 0.29) is 5.41 Å². The molecule has 1 aliphatic rings. The Morgan fingerprint density at radius 2 is 1.69 bits per heavy atom. The molecule has 26 heavy (non-hydrogen) atoms. The van der Waals surface area contributed by atoms with Gasteiger partial charge in [-0.25, -0.2) is 9.97 Å². The van der Waals surface area contributed by atoms with Crippen molar-refractivity contribution in [3.63, 3.8) is 0 Å². The maximum absolute atomic E-state index is 5.51. The highest BCUT2D eigenvalue weighted by Crippen LogP contribution is 2.27. The van der Waals surface area contributed by atoms with E-state index in [0.29, 0.717) is 18.3 Å². The summed E-state index contributed by atoms with van der Waals surface area (Å²) < 4.78 is 5.51. The van der Waals surface area contributed by atoms with Gasteiger partial charge in [0.2, 0.25) is 11.8 Å². The second kappa shape index (κ2) is 7.31. The molecule has 2 aromatic rings. The third kappa shape index (κ3) is 4.03. The summed E-state index contributed by atoms with van der Waals surface area (Å²) in [7, 11) is 0. The Kier molecular flexibility index (Phi) is 5.27. The molecule has 0 aromatic carbocycles. The zero-order chi connectivity index (χ0) is 18.9. The highest BCUT2D eigenvalue weighted by molar-refractivity contribution is 5.50. The summed E-state index contributed by atoms with van der Waals surface area (Å²) in [5, 5.41) is 8.01. The van der Waals surface area contributed by atoms with Crippen molar-refractivity contribution in [2.24, 2.45) is 0 Å². The second-order valence-corrected chi connectivity index (χ2v) is 8.02. The first kappa shape index (κ1) is 18.8. The summed E-state index contributed by atoms with van der Waals surface area (Å²) in [5.41, 5.74) is 2.31. The van der Waals surface area contributed by atoms with E-state index < -0.39 is 0 Å². The summed E-state index contributed by atoms with van der Waals surface area (Å²) >= 11 is 0. The van der Waals surface area contributed by atoms with Gasteiger partial charge in [0.25, 0.3) is 0 Å².